The Morgan fingerprint density at radius 3 is 2.58 bits per heavy atom. The van der Waals surface area contributed by atoms with Crippen LogP contribution in [0.3, 0.4) is 0 Å². The summed E-state index contributed by atoms with van der Waals surface area (Å²) in [5.74, 6) is -0.497. The highest BCUT2D eigenvalue weighted by molar-refractivity contribution is 7.14. The van der Waals surface area contributed by atoms with E-state index >= 15 is 0 Å². The van der Waals surface area contributed by atoms with Crippen LogP contribution in [0.1, 0.15) is 40.2 Å². The minimum atomic E-state index is -0.688. The fraction of sp³-hybridized carbons (Fsp3) is 0.348. The van der Waals surface area contributed by atoms with Gasteiger partial charge in [-0.05, 0) is 42.9 Å². The van der Waals surface area contributed by atoms with Gasteiger partial charge < -0.3 is 10.6 Å². The zero-order valence-electron chi connectivity index (χ0n) is 17.3. The zero-order chi connectivity index (χ0) is 21.5. The van der Waals surface area contributed by atoms with Crippen LogP contribution in [-0.4, -0.2) is 40.8 Å². The third kappa shape index (κ3) is 6.22. The molecule has 1 atom stereocenters. The Bertz CT molecular complexity index is 982. The van der Waals surface area contributed by atoms with Crippen molar-refractivity contribution in [3.05, 3.63) is 69.4 Å². The van der Waals surface area contributed by atoms with Gasteiger partial charge in [-0.3, -0.25) is 14.5 Å². The van der Waals surface area contributed by atoms with Crippen LogP contribution in [0, 0.1) is 0 Å². The molecule has 4 rings (SSSR count). The van der Waals surface area contributed by atoms with Crippen LogP contribution >= 0.6 is 22.7 Å². The first kappa shape index (κ1) is 21.7. The van der Waals surface area contributed by atoms with Crippen LogP contribution in [0.2, 0.25) is 0 Å². The number of rotatable bonds is 8. The van der Waals surface area contributed by atoms with Crippen molar-refractivity contribution in [2.45, 2.75) is 38.3 Å². The molecule has 6 nitrogen and oxygen atoms in total. The fourth-order valence-corrected chi connectivity index (χ4v) is 5.00. The molecular formula is C23H26N4O2S2. The van der Waals surface area contributed by atoms with Gasteiger partial charge in [-0.2, -0.15) is 0 Å². The molecule has 0 spiro atoms. The van der Waals surface area contributed by atoms with Gasteiger partial charge in [0.25, 0.3) is 5.91 Å². The molecular weight excluding hydrogens is 428 g/mol. The maximum Gasteiger partial charge on any atom is 0.262 e. The molecule has 8 heteroatoms. The summed E-state index contributed by atoms with van der Waals surface area (Å²) in [4.78, 5) is 33.2. The van der Waals surface area contributed by atoms with E-state index in [0.29, 0.717) is 16.4 Å². The van der Waals surface area contributed by atoms with Crippen molar-refractivity contribution in [3.8, 4) is 0 Å². The van der Waals surface area contributed by atoms with Gasteiger partial charge in [-0.25, -0.2) is 4.98 Å². The highest BCUT2D eigenvalue weighted by atomic mass is 32.1. The average Bonchev–Trinajstić information content (AvgIpc) is 3.47. The van der Waals surface area contributed by atoms with Crippen molar-refractivity contribution in [1.29, 1.82) is 0 Å². The SMILES string of the molecule is O=C(NC(Cc1ccccc1)C(=O)Nc1nc(CN2CCCCC2)cs1)c1cccs1. The second kappa shape index (κ2) is 10.7. The van der Waals surface area contributed by atoms with Crippen LogP contribution < -0.4 is 10.6 Å². The normalized spacial score (nSPS) is 15.4. The Balaban J connectivity index is 1.41. The number of carbonyl (C=O) groups is 2. The van der Waals surface area contributed by atoms with Crippen molar-refractivity contribution >= 4 is 39.6 Å². The van der Waals surface area contributed by atoms with E-state index in [9.17, 15) is 9.59 Å². The van der Waals surface area contributed by atoms with Gasteiger partial charge in [0, 0.05) is 18.3 Å². The molecule has 1 aliphatic heterocycles. The first-order valence-electron chi connectivity index (χ1n) is 10.5. The number of anilines is 1. The Morgan fingerprint density at radius 1 is 1.03 bits per heavy atom. The molecule has 1 unspecified atom stereocenters. The van der Waals surface area contributed by atoms with Gasteiger partial charge in [-0.1, -0.05) is 42.8 Å². The van der Waals surface area contributed by atoms with Gasteiger partial charge in [-0.15, -0.1) is 22.7 Å². The third-order valence-corrected chi connectivity index (χ3v) is 6.94. The lowest BCUT2D eigenvalue weighted by atomic mass is 10.1. The zero-order valence-corrected chi connectivity index (χ0v) is 18.9. The smallest absolute Gasteiger partial charge is 0.262 e. The Labute approximate surface area is 190 Å². The molecule has 2 amide bonds. The lowest BCUT2D eigenvalue weighted by molar-refractivity contribution is -0.118. The Kier molecular flexibility index (Phi) is 7.45. The molecule has 3 heterocycles. The topological polar surface area (TPSA) is 74.3 Å². The van der Waals surface area contributed by atoms with E-state index in [0.717, 1.165) is 30.9 Å². The largest absolute Gasteiger partial charge is 0.339 e. The molecule has 0 aliphatic carbocycles. The quantitative estimate of drug-likeness (QED) is 0.536. The number of carbonyl (C=O) groups excluding carboxylic acids is 2. The number of hydrogen-bond donors (Lipinski definition) is 2. The molecule has 1 fully saturated rings. The van der Waals surface area contributed by atoms with E-state index in [2.05, 4.69) is 20.5 Å². The van der Waals surface area contributed by atoms with Gasteiger partial charge in [0.05, 0.1) is 10.6 Å². The summed E-state index contributed by atoms with van der Waals surface area (Å²) in [7, 11) is 0. The third-order valence-electron chi connectivity index (χ3n) is 5.27. The number of thiazole rings is 1. The standard InChI is InChI=1S/C23H26N4O2S2/c28-21(26-23-24-18(16-31-23)15-27-11-5-2-6-12-27)19(14-17-8-3-1-4-9-17)25-22(29)20-10-7-13-30-20/h1,3-4,7-10,13,16,19H,2,5-6,11-12,14-15H2,(H,25,29)(H,24,26,28). The number of thiophene rings is 1. The van der Waals surface area contributed by atoms with E-state index in [1.165, 1.54) is 41.9 Å². The van der Waals surface area contributed by atoms with Gasteiger partial charge >= 0.3 is 0 Å². The second-order valence-electron chi connectivity index (χ2n) is 7.66. The van der Waals surface area contributed by atoms with E-state index in [4.69, 9.17) is 0 Å². The van der Waals surface area contributed by atoms with Gasteiger partial charge in [0.15, 0.2) is 5.13 Å². The van der Waals surface area contributed by atoms with Crippen LogP contribution in [0.4, 0.5) is 5.13 Å². The van der Waals surface area contributed by atoms with Crippen molar-refractivity contribution in [2.24, 2.45) is 0 Å². The molecule has 0 saturated carbocycles. The summed E-state index contributed by atoms with van der Waals surface area (Å²) < 4.78 is 0. The van der Waals surface area contributed by atoms with Gasteiger partial charge in [0.1, 0.15) is 6.04 Å². The molecule has 1 aromatic carbocycles. The maximum absolute atomic E-state index is 13.1. The molecule has 0 bridgehead atoms. The summed E-state index contributed by atoms with van der Waals surface area (Å²) in [5.41, 5.74) is 1.96. The summed E-state index contributed by atoms with van der Waals surface area (Å²) in [6.07, 6.45) is 4.18. The number of hydrogen-bond acceptors (Lipinski definition) is 6. The molecule has 31 heavy (non-hydrogen) atoms. The number of likely N-dealkylation sites (tertiary alicyclic amines) is 1. The average molecular weight is 455 g/mol. The summed E-state index contributed by atoms with van der Waals surface area (Å²) in [6.45, 7) is 3.02. The maximum atomic E-state index is 13.1. The van der Waals surface area contributed by atoms with Crippen LogP contribution in [-0.2, 0) is 17.8 Å². The number of benzene rings is 1. The Hall–Kier alpha value is -2.55. The molecule has 3 aromatic rings. The highest BCUT2D eigenvalue weighted by Crippen LogP contribution is 2.19. The van der Waals surface area contributed by atoms with E-state index in [-0.39, 0.29) is 11.8 Å². The van der Waals surface area contributed by atoms with Crippen LogP contribution in [0.15, 0.2) is 53.2 Å². The lowest BCUT2D eigenvalue weighted by Crippen LogP contribution is -2.45. The molecule has 0 radical (unpaired) electrons. The predicted octanol–water partition coefficient (Wildman–Crippen LogP) is 4.17. The lowest BCUT2D eigenvalue weighted by Gasteiger charge is -2.25. The molecule has 1 aliphatic rings. The van der Waals surface area contributed by atoms with Crippen molar-refractivity contribution in [1.82, 2.24) is 15.2 Å². The number of nitrogens with one attached hydrogen (secondary N) is 2. The summed E-state index contributed by atoms with van der Waals surface area (Å²) in [5, 5.41) is 10.2. The van der Waals surface area contributed by atoms with E-state index in [1.54, 1.807) is 6.07 Å². The molecule has 2 N–H and O–H groups in total. The second-order valence-corrected chi connectivity index (χ2v) is 9.47. The summed E-state index contributed by atoms with van der Waals surface area (Å²) in [6, 6.07) is 12.6. The number of piperidine rings is 1. The highest BCUT2D eigenvalue weighted by Gasteiger charge is 2.23. The fourth-order valence-electron chi connectivity index (χ4n) is 3.67. The number of aromatic nitrogens is 1. The van der Waals surface area contributed by atoms with Crippen molar-refractivity contribution in [3.63, 3.8) is 0 Å². The molecule has 2 aromatic heterocycles. The van der Waals surface area contributed by atoms with Crippen LogP contribution in [0.5, 0.6) is 0 Å². The van der Waals surface area contributed by atoms with E-state index in [1.807, 2.05) is 47.2 Å². The number of nitrogens with zero attached hydrogens (tertiary/aromatic N) is 2. The first-order chi connectivity index (χ1) is 15.2. The molecule has 1 saturated heterocycles. The van der Waals surface area contributed by atoms with Gasteiger partial charge in [0.2, 0.25) is 5.91 Å². The monoisotopic (exact) mass is 454 g/mol. The number of amides is 2. The van der Waals surface area contributed by atoms with E-state index < -0.39 is 6.04 Å². The minimum absolute atomic E-state index is 0.240. The molecule has 162 valence electrons. The Morgan fingerprint density at radius 2 is 1.84 bits per heavy atom. The van der Waals surface area contributed by atoms with Crippen molar-refractivity contribution < 1.29 is 9.59 Å². The van der Waals surface area contributed by atoms with Crippen LogP contribution in [0.25, 0.3) is 0 Å². The van der Waals surface area contributed by atoms with Crippen molar-refractivity contribution in [2.75, 3.05) is 18.4 Å². The predicted molar refractivity (Wildman–Crippen MR) is 126 cm³/mol. The first-order valence-corrected chi connectivity index (χ1v) is 12.3. The summed E-state index contributed by atoms with van der Waals surface area (Å²) >= 11 is 2.78. The minimum Gasteiger partial charge on any atom is -0.339 e.